The van der Waals surface area contributed by atoms with Gasteiger partial charge in [-0.1, -0.05) is 66.7 Å². The molecule has 1 heterocycles. The molecule has 5 aromatic rings. The number of piperidine rings is 1. The molecule has 0 N–H and O–H groups in total. The molecule has 0 saturated carbocycles. The van der Waals surface area contributed by atoms with E-state index in [0.717, 1.165) is 51.1 Å². The highest BCUT2D eigenvalue weighted by Gasteiger charge is 2.41. The van der Waals surface area contributed by atoms with Crippen molar-refractivity contribution >= 4 is 16.7 Å². The van der Waals surface area contributed by atoms with Crippen LogP contribution in [0.2, 0.25) is 0 Å². The first-order valence-corrected chi connectivity index (χ1v) is 18.7. The van der Waals surface area contributed by atoms with Crippen molar-refractivity contribution < 1.29 is 43.1 Å². The lowest BCUT2D eigenvalue weighted by molar-refractivity contribution is -0.763. The zero-order valence-corrected chi connectivity index (χ0v) is 32.0. The van der Waals surface area contributed by atoms with Crippen molar-refractivity contribution in [2.45, 2.75) is 51.3 Å². The normalized spacial score (nSPS) is 16.7. The van der Waals surface area contributed by atoms with Gasteiger partial charge in [0.05, 0.1) is 52.9 Å². The third-order valence-electron chi connectivity index (χ3n) is 9.79. The number of ether oxygens (including phenoxy) is 6. The molecule has 1 aliphatic heterocycles. The van der Waals surface area contributed by atoms with Crippen LogP contribution in [0, 0.1) is 10.1 Å². The number of carbonyl (C=O) groups is 1. The van der Waals surface area contributed by atoms with E-state index in [1.165, 1.54) is 0 Å². The molecule has 1 aliphatic rings. The maximum atomic E-state index is 14.0. The van der Waals surface area contributed by atoms with Gasteiger partial charge >= 0.3 is 0 Å². The molecular formula is C44H48N2O10. The standard InChI is InChI=1S/C44H48N2O10/c1-4-53-41-26-45(44(47)34-16-14-31(15-17-34)29-56-46(48)49)27-42(55-28-32-24-35-10-5-7-12-38(35)40(25-32)51-3)43(41)33-18-20-37(21-19-33)54-23-9-22-52-30-36-11-6-8-13-39(36)50-2/h5-8,10-21,24-25,41-43H,4,9,22-23,26-30H2,1-3H3. The Morgan fingerprint density at radius 2 is 1.48 bits per heavy atom. The van der Waals surface area contributed by atoms with Gasteiger partial charge in [-0.15, -0.1) is 10.1 Å². The van der Waals surface area contributed by atoms with Gasteiger partial charge in [0.2, 0.25) is 0 Å². The molecule has 1 saturated heterocycles. The highest BCUT2D eigenvalue weighted by atomic mass is 16.9. The first-order chi connectivity index (χ1) is 27.4. The lowest BCUT2D eigenvalue weighted by Gasteiger charge is -2.43. The number of para-hydroxylation sites is 1. The number of fused-ring (bicyclic) bond motifs is 1. The summed E-state index contributed by atoms with van der Waals surface area (Å²) < 4.78 is 36.2. The fraction of sp³-hybridized carbons (Fsp3) is 0.341. The van der Waals surface area contributed by atoms with E-state index in [4.69, 9.17) is 28.4 Å². The van der Waals surface area contributed by atoms with Crippen LogP contribution in [0.5, 0.6) is 17.2 Å². The van der Waals surface area contributed by atoms with Crippen molar-refractivity contribution in [1.82, 2.24) is 4.90 Å². The third-order valence-corrected chi connectivity index (χ3v) is 9.79. The summed E-state index contributed by atoms with van der Waals surface area (Å²) in [7, 11) is 3.31. The van der Waals surface area contributed by atoms with Crippen LogP contribution in [0.25, 0.3) is 10.8 Å². The summed E-state index contributed by atoms with van der Waals surface area (Å²) in [4.78, 5) is 30.9. The number of hydrogen-bond acceptors (Lipinski definition) is 10. The van der Waals surface area contributed by atoms with Gasteiger partial charge in [-0.25, -0.2) is 0 Å². The summed E-state index contributed by atoms with van der Waals surface area (Å²) in [5.41, 5.74) is 4.00. The van der Waals surface area contributed by atoms with Gasteiger partial charge in [-0.3, -0.25) is 4.79 Å². The molecule has 3 atom stereocenters. The van der Waals surface area contributed by atoms with E-state index in [2.05, 4.69) is 10.9 Å². The van der Waals surface area contributed by atoms with Crippen LogP contribution in [0.4, 0.5) is 0 Å². The Balaban J connectivity index is 1.16. The molecule has 0 radical (unpaired) electrons. The summed E-state index contributed by atoms with van der Waals surface area (Å²) in [5.74, 6) is 1.93. The molecule has 1 amide bonds. The highest BCUT2D eigenvalue weighted by Crippen LogP contribution is 2.36. The first kappa shape index (κ1) is 40.0. The summed E-state index contributed by atoms with van der Waals surface area (Å²) in [6.07, 6.45) is -0.0730. The van der Waals surface area contributed by atoms with Crippen molar-refractivity contribution in [2.24, 2.45) is 0 Å². The zero-order chi connectivity index (χ0) is 39.3. The van der Waals surface area contributed by atoms with Crippen molar-refractivity contribution in [2.75, 3.05) is 47.1 Å². The van der Waals surface area contributed by atoms with Crippen molar-refractivity contribution in [3.63, 3.8) is 0 Å². The molecule has 0 aliphatic carbocycles. The van der Waals surface area contributed by atoms with E-state index in [1.807, 2.05) is 85.8 Å². The summed E-state index contributed by atoms with van der Waals surface area (Å²) in [6.45, 7) is 4.66. The average molecular weight is 765 g/mol. The van der Waals surface area contributed by atoms with Gasteiger partial charge in [-0.2, -0.15) is 0 Å². The Kier molecular flexibility index (Phi) is 14.1. The molecular weight excluding hydrogens is 716 g/mol. The fourth-order valence-corrected chi connectivity index (χ4v) is 7.08. The predicted octanol–water partition coefficient (Wildman–Crippen LogP) is 7.78. The number of benzene rings is 5. The topological polar surface area (TPSA) is 128 Å². The second kappa shape index (κ2) is 19.8. The van der Waals surface area contributed by atoms with E-state index in [0.29, 0.717) is 50.6 Å². The molecule has 0 bridgehead atoms. The zero-order valence-electron chi connectivity index (χ0n) is 32.0. The molecule has 294 valence electrons. The molecule has 0 aromatic heterocycles. The average Bonchev–Trinajstić information content (AvgIpc) is 3.23. The van der Waals surface area contributed by atoms with Crippen molar-refractivity contribution in [3.05, 3.63) is 147 Å². The molecule has 12 nitrogen and oxygen atoms in total. The quantitative estimate of drug-likeness (QED) is 0.0467. The van der Waals surface area contributed by atoms with Gasteiger partial charge < -0.3 is 38.2 Å². The largest absolute Gasteiger partial charge is 0.496 e. The molecule has 12 heteroatoms. The van der Waals surface area contributed by atoms with Crippen molar-refractivity contribution in [3.8, 4) is 17.2 Å². The second-order valence-electron chi connectivity index (χ2n) is 13.4. The predicted molar refractivity (Wildman–Crippen MR) is 211 cm³/mol. The fourth-order valence-electron chi connectivity index (χ4n) is 7.08. The molecule has 6 rings (SSSR count). The van der Waals surface area contributed by atoms with Crippen LogP contribution in [0.15, 0.2) is 109 Å². The Morgan fingerprint density at radius 3 is 2.21 bits per heavy atom. The number of amides is 1. The molecule has 56 heavy (non-hydrogen) atoms. The van der Waals surface area contributed by atoms with E-state index >= 15 is 0 Å². The number of rotatable bonds is 19. The number of hydrogen-bond donors (Lipinski definition) is 0. The van der Waals surface area contributed by atoms with Crippen molar-refractivity contribution in [1.29, 1.82) is 0 Å². The van der Waals surface area contributed by atoms with E-state index in [-0.39, 0.29) is 31.1 Å². The summed E-state index contributed by atoms with van der Waals surface area (Å²) >= 11 is 0. The Bertz CT molecular complexity index is 2040. The van der Waals surface area contributed by atoms with Gasteiger partial charge in [0.1, 0.15) is 23.9 Å². The molecule has 1 fully saturated rings. The van der Waals surface area contributed by atoms with Crippen LogP contribution in [0.3, 0.4) is 0 Å². The number of nitrogens with zero attached hydrogens (tertiary/aromatic N) is 2. The Hall–Kier alpha value is -5.69. The van der Waals surface area contributed by atoms with Crippen LogP contribution < -0.4 is 14.2 Å². The monoisotopic (exact) mass is 764 g/mol. The minimum Gasteiger partial charge on any atom is -0.496 e. The Morgan fingerprint density at radius 1 is 0.768 bits per heavy atom. The molecule has 3 unspecified atom stereocenters. The molecule has 0 spiro atoms. The minimum absolute atomic E-state index is 0.188. The number of carbonyl (C=O) groups excluding carboxylic acids is 1. The van der Waals surface area contributed by atoms with Crippen LogP contribution in [0.1, 0.15) is 51.9 Å². The molecule has 5 aromatic carbocycles. The van der Waals surface area contributed by atoms with E-state index < -0.39 is 11.2 Å². The van der Waals surface area contributed by atoms with Crippen LogP contribution in [-0.4, -0.2) is 75.2 Å². The first-order valence-electron chi connectivity index (χ1n) is 18.7. The lowest BCUT2D eigenvalue weighted by Crippen LogP contribution is -2.54. The maximum Gasteiger partial charge on any atom is 0.294 e. The maximum absolute atomic E-state index is 14.0. The minimum atomic E-state index is -0.839. The van der Waals surface area contributed by atoms with Gasteiger partial charge in [0.15, 0.2) is 0 Å². The summed E-state index contributed by atoms with van der Waals surface area (Å²) in [5, 5.41) is 11.9. The third kappa shape index (κ3) is 10.3. The van der Waals surface area contributed by atoms with E-state index in [9.17, 15) is 14.9 Å². The van der Waals surface area contributed by atoms with Crippen LogP contribution in [-0.2, 0) is 38.9 Å². The summed E-state index contributed by atoms with van der Waals surface area (Å²) in [6, 6.07) is 34.6. The SMILES string of the molecule is CCOC1CN(C(=O)c2ccc(CO[N+](=O)[O-])cc2)CC(OCc2cc(OC)c3ccccc3c2)C1c1ccc(OCCCOCc2ccccc2OC)cc1. The second-order valence-corrected chi connectivity index (χ2v) is 13.4. The Labute approximate surface area is 326 Å². The lowest BCUT2D eigenvalue weighted by atomic mass is 9.84. The van der Waals surface area contributed by atoms with Gasteiger partial charge in [-0.05, 0) is 71.5 Å². The van der Waals surface area contributed by atoms with Crippen LogP contribution >= 0.6 is 0 Å². The smallest absolute Gasteiger partial charge is 0.294 e. The number of methoxy groups -OCH3 is 2. The van der Waals surface area contributed by atoms with Gasteiger partial charge in [0.25, 0.3) is 11.0 Å². The van der Waals surface area contributed by atoms with E-state index in [1.54, 1.807) is 43.4 Å². The highest BCUT2D eigenvalue weighted by molar-refractivity contribution is 5.94. The van der Waals surface area contributed by atoms with Gasteiger partial charge in [0, 0.05) is 48.5 Å². The number of likely N-dealkylation sites (tertiary alicyclic amines) is 1.